The molecule has 0 saturated heterocycles. The van der Waals surface area contributed by atoms with Crippen molar-refractivity contribution in [1.29, 1.82) is 0 Å². The maximum atomic E-state index is 12.1. The van der Waals surface area contributed by atoms with Gasteiger partial charge in [0.15, 0.2) is 0 Å². The van der Waals surface area contributed by atoms with Gasteiger partial charge in [-0.15, -0.1) is 0 Å². The smallest absolute Gasteiger partial charge is 0.337 e. The van der Waals surface area contributed by atoms with Crippen LogP contribution < -0.4 is 5.32 Å². The Balaban J connectivity index is 2.17. The number of carboxylic acid groups (broad SMARTS) is 1. The molecule has 2 rings (SSSR count). The lowest BCUT2D eigenvalue weighted by Gasteiger charge is -2.10. The second-order valence-electron chi connectivity index (χ2n) is 5.01. The molecule has 0 unspecified atom stereocenters. The summed E-state index contributed by atoms with van der Waals surface area (Å²) in [5.74, 6) is -1.28. The Hall–Kier alpha value is -2.62. The fraction of sp³-hybridized carbons (Fsp3) is 0.176. The van der Waals surface area contributed by atoms with Crippen molar-refractivity contribution >= 4 is 17.6 Å². The molecule has 0 saturated carbocycles. The van der Waals surface area contributed by atoms with E-state index in [2.05, 4.69) is 5.32 Å². The van der Waals surface area contributed by atoms with Gasteiger partial charge in [0.1, 0.15) is 0 Å². The summed E-state index contributed by atoms with van der Waals surface area (Å²) in [5.41, 5.74) is 3.23. The summed E-state index contributed by atoms with van der Waals surface area (Å²) in [4.78, 5) is 23.3. The number of aromatic carboxylic acids is 1. The molecule has 2 aromatic rings. The van der Waals surface area contributed by atoms with E-state index in [-0.39, 0.29) is 17.9 Å². The van der Waals surface area contributed by atoms with Gasteiger partial charge in [-0.2, -0.15) is 0 Å². The van der Waals surface area contributed by atoms with Gasteiger partial charge in [0.05, 0.1) is 17.7 Å². The fourth-order valence-electron chi connectivity index (χ4n) is 2.12. The molecule has 0 aliphatic rings. The molecule has 2 aromatic carbocycles. The van der Waals surface area contributed by atoms with Crippen LogP contribution in [0.2, 0.25) is 0 Å². The molecule has 4 nitrogen and oxygen atoms in total. The van der Waals surface area contributed by atoms with Crippen LogP contribution in [-0.2, 0) is 11.2 Å². The van der Waals surface area contributed by atoms with Crippen LogP contribution >= 0.6 is 0 Å². The monoisotopic (exact) mass is 283 g/mol. The van der Waals surface area contributed by atoms with Crippen molar-refractivity contribution in [2.45, 2.75) is 20.3 Å². The number of hydrogen-bond acceptors (Lipinski definition) is 2. The molecule has 0 spiro atoms. The summed E-state index contributed by atoms with van der Waals surface area (Å²) >= 11 is 0. The maximum absolute atomic E-state index is 12.1. The second kappa shape index (κ2) is 6.22. The third-order valence-corrected chi connectivity index (χ3v) is 3.29. The first-order valence-electron chi connectivity index (χ1n) is 6.65. The van der Waals surface area contributed by atoms with E-state index in [0.717, 1.165) is 16.7 Å². The Labute approximate surface area is 123 Å². The number of aryl methyl sites for hydroxylation is 2. The van der Waals surface area contributed by atoms with Crippen molar-refractivity contribution in [2.75, 3.05) is 5.32 Å². The SMILES string of the molecule is Cc1ccc(NC(=O)Cc2ccccc2C)c(C(=O)O)c1. The zero-order valence-electron chi connectivity index (χ0n) is 12.0. The molecule has 0 aliphatic heterocycles. The van der Waals surface area contributed by atoms with E-state index in [0.29, 0.717) is 5.69 Å². The van der Waals surface area contributed by atoms with Gasteiger partial charge in [0.2, 0.25) is 5.91 Å². The highest BCUT2D eigenvalue weighted by atomic mass is 16.4. The number of carbonyl (C=O) groups excluding carboxylic acids is 1. The minimum absolute atomic E-state index is 0.105. The molecule has 108 valence electrons. The number of nitrogens with one attached hydrogen (secondary N) is 1. The van der Waals surface area contributed by atoms with Gasteiger partial charge < -0.3 is 10.4 Å². The molecule has 0 aromatic heterocycles. The number of carbonyl (C=O) groups is 2. The van der Waals surface area contributed by atoms with E-state index in [1.807, 2.05) is 38.1 Å². The summed E-state index contributed by atoms with van der Waals surface area (Å²) < 4.78 is 0. The Kier molecular flexibility index (Phi) is 4.38. The summed E-state index contributed by atoms with van der Waals surface area (Å²) in [6.45, 7) is 3.75. The lowest BCUT2D eigenvalue weighted by molar-refractivity contribution is -0.115. The predicted octanol–water partition coefficient (Wildman–Crippen LogP) is 3.18. The quantitative estimate of drug-likeness (QED) is 0.905. The Morgan fingerprint density at radius 3 is 2.48 bits per heavy atom. The first-order chi connectivity index (χ1) is 9.97. The van der Waals surface area contributed by atoms with Gasteiger partial charge in [-0.3, -0.25) is 4.79 Å². The highest BCUT2D eigenvalue weighted by Gasteiger charge is 2.13. The summed E-state index contributed by atoms with van der Waals surface area (Å²) in [5, 5.41) is 11.9. The van der Waals surface area contributed by atoms with E-state index >= 15 is 0 Å². The average Bonchev–Trinajstić information content (AvgIpc) is 2.43. The van der Waals surface area contributed by atoms with Gasteiger partial charge >= 0.3 is 5.97 Å². The van der Waals surface area contributed by atoms with Crippen molar-refractivity contribution in [2.24, 2.45) is 0 Å². The molecule has 0 heterocycles. The van der Waals surface area contributed by atoms with Gasteiger partial charge in [-0.05, 0) is 37.1 Å². The number of rotatable bonds is 4. The van der Waals surface area contributed by atoms with Crippen molar-refractivity contribution in [1.82, 2.24) is 0 Å². The molecule has 0 radical (unpaired) electrons. The van der Waals surface area contributed by atoms with Crippen LogP contribution in [0.25, 0.3) is 0 Å². The summed E-state index contributed by atoms with van der Waals surface area (Å²) in [7, 11) is 0. The van der Waals surface area contributed by atoms with Crippen LogP contribution in [-0.4, -0.2) is 17.0 Å². The van der Waals surface area contributed by atoms with Gasteiger partial charge in [0, 0.05) is 0 Å². The van der Waals surface area contributed by atoms with Crippen molar-refractivity contribution in [3.05, 3.63) is 64.7 Å². The van der Waals surface area contributed by atoms with Crippen LogP contribution in [0.3, 0.4) is 0 Å². The molecule has 0 aliphatic carbocycles. The van der Waals surface area contributed by atoms with Crippen LogP contribution in [0.1, 0.15) is 27.0 Å². The number of anilines is 1. The van der Waals surface area contributed by atoms with Gasteiger partial charge in [-0.25, -0.2) is 4.79 Å². The lowest BCUT2D eigenvalue weighted by Crippen LogP contribution is -2.17. The topological polar surface area (TPSA) is 66.4 Å². The molecule has 2 N–H and O–H groups in total. The summed E-state index contributed by atoms with van der Waals surface area (Å²) in [6, 6.07) is 12.6. The molecule has 4 heteroatoms. The average molecular weight is 283 g/mol. The Bertz CT molecular complexity index is 692. The van der Waals surface area contributed by atoms with Crippen molar-refractivity contribution < 1.29 is 14.7 Å². The third-order valence-electron chi connectivity index (χ3n) is 3.29. The van der Waals surface area contributed by atoms with Crippen LogP contribution in [0.15, 0.2) is 42.5 Å². The molecular weight excluding hydrogens is 266 g/mol. The molecular formula is C17H17NO3. The van der Waals surface area contributed by atoms with E-state index < -0.39 is 5.97 Å². The van der Waals surface area contributed by atoms with E-state index in [4.69, 9.17) is 0 Å². The molecule has 0 atom stereocenters. The molecule has 0 fully saturated rings. The zero-order valence-corrected chi connectivity index (χ0v) is 12.0. The molecule has 21 heavy (non-hydrogen) atoms. The normalized spacial score (nSPS) is 10.2. The van der Waals surface area contributed by atoms with Crippen molar-refractivity contribution in [3.8, 4) is 0 Å². The Morgan fingerprint density at radius 1 is 1.10 bits per heavy atom. The second-order valence-corrected chi connectivity index (χ2v) is 5.01. The first kappa shape index (κ1) is 14.8. The lowest BCUT2D eigenvalue weighted by atomic mass is 10.1. The third kappa shape index (κ3) is 3.69. The number of benzene rings is 2. The van der Waals surface area contributed by atoms with Crippen molar-refractivity contribution in [3.63, 3.8) is 0 Å². The Morgan fingerprint density at radius 2 is 1.81 bits per heavy atom. The van der Waals surface area contributed by atoms with Crippen LogP contribution in [0, 0.1) is 13.8 Å². The minimum Gasteiger partial charge on any atom is -0.478 e. The zero-order chi connectivity index (χ0) is 15.4. The highest BCUT2D eigenvalue weighted by Crippen LogP contribution is 2.18. The van der Waals surface area contributed by atoms with E-state index in [1.165, 1.54) is 0 Å². The minimum atomic E-state index is -1.05. The van der Waals surface area contributed by atoms with Crippen LogP contribution in [0.4, 0.5) is 5.69 Å². The van der Waals surface area contributed by atoms with E-state index in [9.17, 15) is 14.7 Å². The van der Waals surface area contributed by atoms with Gasteiger partial charge in [0.25, 0.3) is 0 Å². The fourth-order valence-corrected chi connectivity index (χ4v) is 2.12. The number of carboxylic acids is 1. The first-order valence-corrected chi connectivity index (χ1v) is 6.65. The molecule has 1 amide bonds. The highest BCUT2D eigenvalue weighted by molar-refractivity contribution is 6.01. The number of amides is 1. The summed E-state index contributed by atoms with van der Waals surface area (Å²) in [6.07, 6.45) is 0.222. The predicted molar refractivity (Wildman–Crippen MR) is 81.7 cm³/mol. The van der Waals surface area contributed by atoms with Gasteiger partial charge in [-0.1, -0.05) is 35.9 Å². The molecule has 0 bridgehead atoms. The maximum Gasteiger partial charge on any atom is 0.337 e. The number of hydrogen-bond donors (Lipinski definition) is 2. The largest absolute Gasteiger partial charge is 0.478 e. The van der Waals surface area contributed by atoms with E-state index in [1.54, 1.807) is 18.2 Å². The standard InChI is InChI=1S/C17H17NO3/c1-11-7-8-15(14(9-11)17(20)21)18-16(19)10-13-6-4-3-5-12(13)2/h3-9H,10H2,1-2H3,(H,18,19)(H,20,21). The van der Waals surface area contributed by atoms with Crippen LogP contribution in [0.5, 0.6) is 0 Å².